The van der Waals surface area contributed by atoms with Crippen molar-refractivity contribution in [3.05, 3.63) is 270 Å². The number of benzene rings is 11. The fourth-order valence-corrected chi connectivity index (χ4v) is 13.8. The van der Waals surface area contributed by atoms with Crippen LogP contribution in [-0.4, -0.2) is 6.71 Å². The molecule has 0 spiro atoms. The molecule has 11 aromatic carbocycles. The van der Waals surface area contributed by atoms with Crippen LogP contribution in [0.2, 0.25) is 0 Å². The maximum absolute atomic E-state index is 10.6. The summed E-state index contributed by atoms with van der Waals surface area (Å²) < 4.78 is 338. The van der Waals surface area contributed by atoms with Crippen molar-refractivity contribution in [2.24, 2.45) is 0 Å². The average molecular weight is 1250 g/mol. The van der Waals surface area contributed by atoms with E-state index in [0.717, 1.165) is 45.5 Å². The second-order valence-electron chi connectivity index (χ2n) is 26.8. The number of anilines is 6. The highest BCUT2D eigenvalue weighted by Gasteiger charge is 2.45. The summed E-state index contributed by atoms with van der Waals surface area (Å²) in [6.07, 6.45) is -18.3. The maximum Gasteiger partial charge on any atom is 0.252 e. The number of hydrogen-bond donors (Lipinski definition) is 0. The summed E-state index contributed by atoms with van der Waals surface area (Å²) in [7, 11) is 0. The van der Waals surface area contributed by atoms with Crippen LogP contribution in [0.25, 0.3) is 66.8 Å². The van der Waals surface area contributed by atoms with Gasteiger partial charge in [0.1, 0.15) is 0 Å². The molecule has 0 saturated carbocycles. The van der Waals surface area contributed by atoms with E-state index < -0.39 is 166 Å². The molecule has 93 heavy (non-hydrogen) atoms. The van der Waals surface area contributed by atoms with E-state index in [-0.39, 0.29) is 44.7 Å². The number of para-hydroxylation sites is 2. The third kappa shape index (κ3) is 10.2. The topological polar surface area (TPSA) is 6.48 Å². The molecule has 0 bridgehead atoms. The predicted molar refractivity (Wildman–Crippen MR) is 401 cm³/mol. The van der Waals surface area contributed by atoms with Gasteiger partial charge in [0.15, 0.2) is 0 Å². The second kappa shape index (κ2) is 21.8. The zero-order chi connectivity index (χ0) is 95.4. The van der Waals surface area contributed by atoms with E-state index in [2.05, 4.69) is 41.5 Å². The quantitative estimate of drug-likeness (QED) is 0.140. The van der Waals surface area contributed by atoms with Crippen LogP contribution >= 0.6 is 0 Å². The molecule has 0 saturated heterocycles. The molecule has 2 aliphatic carbocycles. The Morgan fingerprint density at radius 1 is 0.333 bits per heavy atom. The highest BCUT2D eigenvalue weighted by molar-refractivity contribution is 7.00. The van der Waals surface area contributed by atoms with E-state index in [1.165, 1.54) is 24.3 Å². The van der Waals surface area contributed by atoms with Crippen molar-refractivity contribution in [2.45, 2.75) is 154 Å². The molecular weight excluding hydrogens is 1120 g/mol. The van der Waals surface area contributed by atoms with Gasteiger partial charge in [-0.15, -0.1) is 0 Å². The van der Waals surface area contributed by atoms with E-state index in [1.54, 1.807) is 52.3 Å². The molecule has 0 fully saturated rings. The molecular formula is C90H89BN2. The zero-order valence-electron chi connectivity index (χ0n) is 88.2. The first-order chi connectivity index (χ1) is 59.1. The highest BCUT2D eigenvalue weighted by atomic mass is 15.2. The van der Waals surface area contributed by atoms with Crippen LogP contribution in [0.15, 0.2) is 236 Å². The molecule has 3 heteroatoms. The largest absolute Gasteiger partial charge is 0.311 e. The van der Waals surface area contributed by atoms with Crippen molar-refractivity contribution in [1.82, 2.24) is 0 Å². The monoisotopic (exact) mass is 1240 g/mol. The minimum Gasteiger partial charge on any atom is -0.311 e. The first kappa shape index (κ1) is 32.3. The molecule has 11 aromatic rings. The summed E-state index contributed by atoms with van der Waals surface area (Å²) >= 11 is 0. The third-order valence-corrected chi connectivity index (χ3v) is 18.6. The van der Waals surface area contributed by atoms with Crippen LogP contribution in [0, 0.1) is 0 Å². The predicted octanol–water partition coefficient (Wildman–Crippen LogP) is 23.1. The summed E-state index contributed by atoms with van der Waals surface area (Å²) in [6, 6.07) is 56.4. The summed E-state index contributed by atoms with van der Waals surface area (Å²) in [6.45, 7) is -22.9. The molecule has 15 rings (SSSR count). The molecule has 0 amide bonds. The van der Waals surface area contributed by atoms with Crippen LogP contribution in [0.3, 0.4) is 0 Å². The first-order valence-electron chi connectivity index (χ1n) is 49.0. The first-order valence-corrected chi connectivity index (χ1v) is 31.0. The Morgan fingerprint density at radius 2 is 0.656 bits per heavy atom. The van der Waals surface area contributed by atoms with Crippen LogP contribution in [-0.2, 0) is 32.5 Å². The normalized spacial score (nSPS) is 25.3. The van der Waals surface area contributed by atoms with Crippen molar-refractivity contribution in [3.8, 4) is 66.8 Å². The molecule has 2 aliphatic heterocycles. The zero-order valence-corrected chi connectivity index (χ0v) is 52.2. The van der Waals surface area contributed by atoms with Crippen molar-refractivity contribution >= 4 is 57.2 Å². The standard InChI is InChI=1S/C90H89BN2/c1-85(2,3)64-42-34-58(35-43-64)66-24-15-17-26-68(66)62-40-48-76-82(56-62)92(78-30-21-19-28-70(78)60-38-46-72-74(54-60)89(11,12)52-50-87(72,7)8)80-32-23-33-81-84(80)91(76)77-49-41-63(69-27-18-16-25-67(69)59-36-44-65(45-37-59)86(4,5)6)57-83(77)93(81)79-31-22-20-29-71(79)61-39-47-73-75(55-61)90(13,14)53-51-88(73,9)10/h15-49,54-57H,50-53H2,1-14H3/i7D3,8D3,9D3,10D3,11D3,12D3,13D3,14D3,46D,47D,50D2,51D2,52D2,53D2,54D,55D. The molecule has 0 N–H and O–H groups in total. The number of hydrogen-bond acceptors (Lipinski definition) is 2. The van der Waals surface area contributed by atoms with Gasteiger partial charge in [0, 0.05) is 77.7 Å². The minimum absolute atomic E-state index is 0.0135. The Bertz CT molecular complexity index is 5930. The van der Waals surface area contributed by atoms with Gasteiger partial charge >= 0.3 is 0 Å². The Balaban J connectivity index is 1.09. The van der Waals surface area contributed by atoms with Gasteiger partial charge in [-0.2, -0.15) is 0 Å². The maximum atomic E-state index is 10.6. The van der Waals surface area contributed by atoms with E-state index in [4.69, 9.17) is 16.4 Å². The van der Waals surface area contributed by atoms with Crippen molar-refractivity contribution in [3.63, 3.8) is 0 Å². The van der Waals surface area contributed by atoms with Crippen molar-refractivity contribution in [2.75, 3.05) is 9.80 Å². The van der Waals surface area contributed by atoms with Crippen LogP contribution < -0.4 is 26.2 Å². The lowest BCUT2D eigenvalue weighted by atomic mass is 9.33. The van der Waals surface area contributed by atoms with Gasteiger partial charge in [0.2, 0.25) is 0 Å². The average Bonchev–Trinajstić information content (AvgIpc) is 0.637. The van der Waals surface area contributed by atoms with Crippen molar-refractivity contribution < 1.29 is 49.3 Å². The van der Waals surface area contributed by atoms with Gasteiger partial charge in [-0.1, -0.05) is 296 Å². The van der Waals surface area contributed by atoms with Crippen LogP contribution in [0.1, 0.15) is 205 Å². The second-order valence-corrected chi connectivity index (χ2v) is 26.8. The summed E-state index contributed by atoms with van der Waals surface area (Å²) in [4.78, 5) is 3.50. The van der Waals surface area contributed by atoms with E-state index in [0.29, 0.717) is 50.0 Å². The molecule has 462 valence electrons. The van der Waals surface area contributed by atoms with Gasteiger partial charge in [-0.05, 0) is 200 Å². The molecule has 0 radical (unpaired) electrons. The van der Waals surface area contributed by atoms with Gasteiger partial charge in [-0.25, -0.2) is 0 Å². The smallest absolute Gasteiger partial charge is 0.252 e. The lowest BCUT2D eigenvalue weighted by molar-refractivity contribution is 0.332. The Labute approximate surface area is 606 Å². The molecule has 0 aromatic heterocycles. The SMILES string of the molecule is [2H]c1cc(-c2ccccc2N2c3cc(-c4ccccc4-c4ccc(C(C)(C)C)cc4)ccc3B3c4ccc(-c5ccccc5-c5ccc(C(C)(C)C)cc5)cc4N(c4ccccc4-c4cc([2H])c5c(c4[2H])C(C([2H])([2H])[2H])(C([2H])([2H])[2H])C([2H])([2H])C([2H])([2H])C5(C([2H])([2H])[2H])C([2H])([2H])[2H])c4cccc2c43)c([2H])c2c1C(C([2H])([2H])[2H])(C([2H])([2H])[2H])C([2H])([2H])C([2H])([2H])C2(C([2H])([2H])[2H])C([2H])([2H])[2H]. The number of fused-ring (bicyclic) bond motifs is 6. The fourth-order valence-electron chi connectivity index (χ4n) is 13.8. The molecule has 2 heterocycles. The van der Waals surface area contributed by atoms with Gasteiger partial charge < -0.3 is 9.80 Å². The van der Waals surface area contributed by atoms with Crippen molar-refractivity contribution in [1.29, 1.82) is 0 Å². The Morgan fingerprint density at radius 3 is 1.02 bits per heavy atom. The highest BCUT2D eigenvalue weighted by Crippen LogP contribution is 2.54. The lowest BCUT2D eigenvalue weighted by Crippen LogP contribution is -2.61. The Hall–Kier alpha value is -8.92. The van der Waals surface area contributed by atoms with Gasteiger partial charge in [0.05, 0.1) is 16.9 Å². The number of nitrogens with zero attached hydrogens (tertiary/aromatic N) is 2. The lowest BCUT2D eigenvalue weighted by Gasteiger charge is -2.45. The molecule has 2 nitrogen and oxygen atoms in total. The minimum atomic E-state index is -4.61. The summed E-state index contributed by atoms with van der Waals surface area (Å²) in [5.41, 5.74) is -15.0. The molecule has 0 atom stereocenters. The van der Waals surface area contributed by atoms with E-state index >= 15 is 0 Å². The van der Waals surface area contributed by atoms with Gasteiger partial charge in [-0.3, -0.25) is 0 Å². The summed E-state index contributed by atoms with van der Waals surface area (Å²) in [5, 5.41) is 0. The summed E-state index contributed by atoms with van der Waals surface area (Å²) in [5.74, 6) is 0. The Kier molecular flexibility index (Phi) is 7.58. The van der Waals surface area contributed by atoms with E-state index in [9.17, 15) is 32.9 Å². The third-order valence-electron chi connectivity index (χ3n) is 18.6. The fraction of sp³-hybridized carbons (Fsp3) is 0.267. The van der Waals surface area contributed by atoms with Crippen LogP contribution in [0.4, 0.5) is 34.1 Å². The number of rotatable bonds is 8. The molecule has 0 unspecified atom stereocenters. The van der Waals surface area contributed by atoms with Crippen LogP contribution in [0.5, 0.6) is 0 Å². The van der Waals surface area contributed by atoms with E-state index in [1.807, 2.05) is 133 Å². The molecule has 4 aliphatic rings. The van der Waals surface area contributed by atoms with Gasteiger partial charge in [0.25, 0.3) is 6.71 Å².